The molecule has 2 heterocycles. The van der Waals surface area contributed by atoms with Gasteiger partial charge in [0.25, 0.3) is 0 Å². The topological polar surface area (TPSA) is 105 Å². The minimum absolute atomic E-state index is 0.0145. The van der Waals surface area contributed by atoms with Gasteiger partial charge in [0.2, 0.25) is 0 Å². The van der Waals surface area contributed by atoms with Crippen LogP contribution in [0.15, 0.2) is 6.20 Å². The van der Waals surface area contributed by atoms with E-state index in [1.54, 1.807) is 7.05 Å². The van der Waals surface area contributed by atoms with Gasteiger partial charge in [0, 0.05) is 18.4 Å². The van der Waals surface area contributed by atoms with Crippen LogP contribution in [0.1, 0.15) is 58.8 Å². The summed E-state index contributed by atoms with van der Waals surface area (Å²) in [6, 6.07) is 0.0531. The third-order valence-electron chi connectivity index (χ3n) is 4.09. The molecule has 24 heavy (non-hydrogen) atoms. The van der Waals surface area contributed by atoms with Crippen molar-refractivity contribution in [3.8, 4) is 0 Å². The van der Waals surface area contributed by atoms with Gasteiger partial charge in [-0.2, -0.15) is 5.10 Å². The molecule has 1 aliphatic heterocycles. The molecule has 0 bridgehead atoms. The number of nitrogens with zero attached hydrogens (tertiary/aromatic N) is 3. The molecule has 136 valence electrons. The first-order valence-electron chi connectivity index (χ1n) is 8.09. The van der Waals surface area contributed by atoms with E-state index >= 15 is 0 Å². The highest BCUT2D eigenvalue weighted by atomic mass is 32.2. The molecule has 1 N–H and O–H groups in total. The SMILES string of the molecule is CC1CC(N[S+]([O-])C(C)(C)C)CCC(c2c([N+](=O)[O-])cnn2C)O1. The summed E-state index contributed by atoms with van der Waals surface area (Å²) in [6.45, 7) is 7.72. The van der Waals surface area contributed by atoms with Crippen LogP contribution in [0, 0.1) is 10.1 Å². The first-order chi connectivity index (χ1) is 11.1. The molecule has 1 saturated heterocycles. The van der Waals surface area contributed by atoms with Crippen molar-refractivity contribution < 1.29 is 14.2 Å². The number of nitrogens with one attached hydrogen (secondary N) is 1. The van der Waals surface area contributed by atoms with Gasteiger partial charge in [0.15, 0.2) is 0 Å². The van der Waals surface area contributed by atoms with Crippen LogP contribution in [0.4, 0.5) is 5.69 Å². The lowest BCUT2D eigenvalue weighted by molar-refractivity contribution is -0.386. The van der Waals surface area contributed by atoms with E-state index in [-0.39, 0.29) is 28.7 Å². The summed E-state index contributed by atoms with van der Waals surface area (Å²) in [6.07, 6.45) is 2.84. The van der Waals surface area contributed by atoms with Gasteiger partial charge in [-0.1, -0.05) is 0 Å². The zero-order valence-electron chi connectivity index (χ0n) is 14.8. The molecule has 0 amide bonds. The Balaban J connectivity index is 2.13. The molecule has 9 heteroatoms. The molecule has 0 spiro atoms. The average Bonchev–Trinajstić information content (AvgIpc) is 2.74. The third-order valence-corrected chi connectivity index (χ3v) is 5.75. The Morgan fingerprint density at radius 3 is 2.71 bits per heavy atom. The molecule has 1 fully saturated rings. The van der Waals surface area contributed by atoms with E-state index in [4.69, 9.17) is 4.74 Å². The minimum atomic E-state index is -1.15. The lowest BCUT2D eigenvalue weighted by Crippen LogP contribution is -2.45. The van der Waals surface area contributed by atoms with Crippen molar-refractivity contribution in [1.82, 2.24) is 14.5 Å². The summed E-state index contributed by atoms with van der Waals surface area (Å²) < 4.78 is 22.7. The van der Waals surface area contributed by atoms with Crippen LogP contribution in [0.2, 0.25) is 0 Å². The fourth-order valence-electron chi connectivity index (χ4n) is 2.86. The number of nitro groups is 1. The lowest BCUT2D eigenvalue weighted by Gasteiger charge is -2.27. The van der Waals surface area contributed by atoms with Gasteiger partial charge in [-0.3, -0.25) is 14.8 Å². The highest BCUT2D eigenvalue weighted by Gasteiger charge is 2.35. The minimum Gasteiger partial charge on any atom is -0.598 e. The van der Waals surface area contributed by atoms with Crippen molar-refractivity contribution in [1.29, 1.82) is 0 Å². The number of hydrogen-bond donors (Lipinski definition) is 1. The number of hydrogen-bond acceptors (Lipinski definition) is 6. The Hall–Kier alpha value is -1.16. The summed E-state index contributed by atoms with van der Waals surface area (Å²) in [5.41, 5.74) is 0.476. The Morgan fingerprint density at radius 1 is 1.46 bits per heavy atom. The van der Waals surface area contributed by atoms with Crippen LogP contribution >= 0.6 is 0 Å². The smallest absolute Gasteiger partial charge is 0.312 e. The largest absolute Gasteiger partial charge is 0.598 e. The third kappa shape index (κ3) is 4.47. The lowest BCUT2D eigenvalue weighted by atomic mass is 10.0. The van der Waals surface area contributed by atoms with E-state index in [0.29, 0.717) is 18.5 Å². The molecule has 0 saturated carbocycles. The average molecular weight is 358 g/mol. The van der Waals surface area contributed by atoms with Crippen molar-refractivity contribution >= 4 is 17.0 Å². The van der Waals surface area contributed by atoms with Gasteiger partial charge in [-0.15, -0.1) is 4.72 Å². The van der Waals surface area contributed by atoms with Crippen molar-refractivity contribution in [3.05, 3.63) is 22.0 Å². The van der Waals surface area contributed by atoms with E-state index in [9.17, 15) is 14.7 Å². The zero-order valence-corrected chi connectivity index (χ0v) is 15.6. The van der Waals surface area contributed by atoms with Crippen molar-refractivity contribution in [3.63, 3.8) is 0 Å². The molecule has 4 atom stereocenters. The molecule has 0 aliphatic carbocycles. The molecular formula is C15H26N4O4S. The molecule has 0 aromatic carbocycles. The fraction of sp³-hybridized carbons (Fsp3) is 0.800. The first-order valence-corrected chi connectivity index (χ1v) is 9.24. The quantitative estimate of drug-likeness (QED) is 0.503. The van der Waals surface area contributed by atoms with Gasteiger partial charge in [-0.25, -0.2) is 0 Å². The number of rotatable bonds is 4. The van der Waals surface area contributed by atoms with Crippen molar-refractivity contribution in [2.24, 2.45) is 7.05 Å². The maximum absolute atomic E-state index is 12.3. The Morgan fingerprint density at radius 2 is 2.12 bits per heavy atom. The maximum Gasteiger partial charge on any atom is 0.312 e. The van der Waals surface area contributed by atoms with Crippen molar-refractivity contribution in [2.75, 3.05) is 0 Å². The summed E-state index contributed by atoms with van der Waals surface area (Å²) in [7, 11) is 1.69. The Bertz CT molecular complexity index is 587. The Labute approximate surface area is 145 Å². The standard InChI is InChI=1S/C15H26N4O4S/c1-10-8-11(17-24(22)15(2,3)4)6-7-13(23-10)14-12(19(20)21)9-16-18(14)5/h9-11,13,17H,6-8H2,1-5H3. The summed E-state index contributed by atoms with van der Waals surface area (Å²) in [5, 5.41) is 15.2. The van der Waals surface area contributed by atoms with Crippen LogP contribution in [0.25, 0.3) is 0 Å². The normalized spacial score (nSPS) is 26.8. The maximum atomic E-state index is 12.3. The predicted molar refractivity (Wildman–Crippen MR) is 91.8 cm³/mol. The van der Waals surface area contributed by atoms with Gasteiger partial charge in [0.05, 0.1) is 17.1 Å². The fourth-order valence-corrected chi connectivity index (χ4v) is 3.73. The van der Waals surface area contributed by atoms with Gasteiger partial charge in [-0.05, 0) is 47.0 Å². The molecule has 1 aromatic heterocycles. The Kier molecular flexibility index (Phi) is 5.90. The zero-order chi connectivity index (χ0) is 18.1. The second-order valence-electron chi connectivity index (χ2n) is 7.24. The predicted octanol–water partition coefficient (Wildman–Crippen LogP) is 2.38. The second kappa shape index (κ2) is 7.38. The van der Waals surface area contributed by atoms with Gasteiger partial charge in [0.1, 0.15) is 22.7 Å². The van der Waals surface area contributed by atoms with E-state index in [1.165, 1.54) is 10.9 Å². The van der Waals surface area contributed by atoms with Crippen LogP contribution in [0.3, 0.4) is 0 Å². The van der Waals surface area contributed by atoms with Crippen LogP contribution < -0.4 is 4.72 Å². The molecule has 2 rings (SSSR count). The summed E-state index contributed by atoms with van der Waals surface area (Å²) in [4.78, 5) is 10.8. The number of aromatic nitrogens is 2. The van der Waals surface area contributed by atoms with E-state index in [2.05, 4.69) is 9.82 Å². The highest BCUT2D eigenvalue weighted by Crippen LogP contribution is 2.35. The van der Waals surface area contributed by atoms with Crippen molar-refractivity contribution in [2.45, 2.75) is 70.0 Å². The molecule has 4 unspecified atom stereocenters. The molecule has 1 aliphatic rings. The molecular weight excluding hydrogens is 332 g/mol. The number of aryl methyl sites for hydroxylation is 1. The summed E-state index contributed by atoms with van der Waals surface area (Å²) >= 11 is -1.15. The second-order valence-corrected chi connectivity index (χ2v) is 9.24. The van der Waals surface area contributed by atoms with Gasteiger partial charge >= 0.3 is 5.69 Å². The molecule has 1 aromatic rings. The molecule has 0 radical (unpaired) electrons. The number of ether oxygens (including phenoxy) is 1. The first kappa shape index (κ1) is 19.2. The van der Waals surface area contributed by atoms with E-state index in [1.807, 2.05) is 27.7 Å². The van der Waals surface area contributed by atoms with E-state index in [0.717, 1.165) is 6.42 Å². The van der Waals surface area contributed by atoms with Crippen LogP contribution in [-0.2, 0) is 23.1 Å². The summed E-state index contributed by atoms with van der Waals surface area (Å²) in [5.74, 6) is 0. The highest BCUT2D eigenvalue weighted by molar-refractivity contribution is 7.90. The van der Waals surface area contributed by atoms with Gasteiger partial charge < -0.3 is 9.29 Å². The van der Waals surface area contributed by atoms with E-state index < -0.39 is 16.3 Å². The van der Waals surface area contributed by atoms with Crippen LogP contribution in [0.5, 0.6) is 0 Å². The van der Waals surface area contributed by atoms with Crippen LogP contribution in [-0.4, -0.2) is 36.1 Å². The monoisotopic (exact) mass is 358 g/mol. The molecule has 8 nitrogen and oxygen atoms in total.